The van der Waals surface area contributed by atoms with E-state index in [4.69, 9.17) is 20.4 Å². The van der Waals surface area contributed by atoms with Gasteiger partial charge in [0.25, 0.3) is 0 Å². The van der Waals surface area contributed by atoms with Crippen LogP contribution in [0.25, 0.3) is 0 Å². The van der Waals surface area contributed by atoms with E-state index in [-0.39, 0.29) is 0 Å². The highest BCUT2D eigenvalue weighted by atomic mass is 16.4. The smallest absolute Gasteiger partial charge is 0.340 e. The fourth-order valence-corrected chi connectivity index (χ4v) is 1.01. The van der Waals surface area contributed by atoms with Crippen LogP contribution in [0.5, 0.6) is 11.5 Å². The van der Waals surface area contributed by atoms with Crippen molar-refractivity contribution >= 4 is 11.9 Å². The zero-order chi connectivity index (χ0) is 10.9. The third kappa shape index (κ3) is 1.58. The van der Waals surface area contributed by atoms with E-state index in [1.165, 1.54) is 0 Å². The van der Waals surface area contributed by atoms with Crippen LogP contribution in [-0.4, -0.2) is 32.4 Å². The Labute approximate surface area is 77.7 Å². The molecule has 14 heavy (non-hydrogen) atoms. The Morgan fingerprint density at radius 1 is 1.00 bits per heavy atom. The summed E-state index contributed by atoms with van der Waals surface area (Å²) in [4.78, 5) is 21.1. The molecule has 4 N–H and O–H groups in total. The van der Waals surface area contributed by atoms with E-state index < -0.39 is 34.6 Å². The van der Waals surface area contributed by atoms with Crippen LogP contribution in [-0.2, 0) is 0 Å². The minimum Gasteiger partial charge on any atom is -0.508 e. The van der Waals surface area contributed by atoms with E-state index in [2.05, 4.69) is 0 Å². The molecule has 0 saturated carbocycles. The van der Waals surface area contributed by atoms with E-state index >= 15 is 0 Å². The molecular formula is C8H6O6. The molecule has 6 heteroatoms. The number of hydrogen-bond donors (Lipinski definition) is 4. The summed E-state index contributed by atoms with van der Waals surface area (Å²) in [6.45, 7) is 0. The van der Waals surface area contributed by atoms with Crippen molar-refractivity contribution in [3.05, 3.63) is 23.3 Å². The lowest BCUT2D eigenvalue weighted by Gasteiger charge is -2.04. The second kappa shape index (κ2) is 3.25. The summed E-state index contributed by atoms with van der Waals surface area (Å²) >= 11 is 0. The number of phenolic OH excluding ortho intramolecular Hbond substituents is 1. The van der Waals surface area contributed by atoms with Crippen LogP contribution in [0, 0.1) is 0 Å². The molecule has 0 bridgehead atoms. The molecule has 0 saturated heterocycles. The molecule has 1 aromatic rings. The first-order valence-corrected chi connectivity index (χ1v) is 3.46. The van der Waals surface area contributed by atoms with Gasteiger partial charge in [0.1, 0.15) is 17.1 Å². The summed E-state index contributed by atoms with van der Waals surface area (Å²) < 4.78 is 0. The maximum Gasteiger partial charge on any atom is 0.340 e. The van der Waals surface area contributed by atoms with Gasteiger partial charge in [-0.25, -0.2) is 9.59 Å². The number of phenols is 2. The first kappa shape index (κ1) is 9.85. The molecule has 0 aliphatic heterocycles. The Morgan fingerprint density at radius 3 is 2.00 bits per heavy atom. The van der Waals surface area contributed by atoms with Crippen LogP contribution in [0.2, 0.25) is 0 Å². The molecule has 0 aliphatic carbocycles. The van der Waals surface area contributed by atoms with Gasteiger partial charge in [-0.2, -0.15) is 0 Å². The number of hydrogen-bond acceptors (Lipinski definition) is 4. The van der Waals surface area contributed by atoms with Gasteiger partial charge >= 0.3 is 11.9 Å². The fourth-order valence-electron chi connectivity index (χ4n) is 1.01. The van der Waals surface area contributed by atoms with Gasteiger partial charge in [-0.1, -0.05) is 0 Å². The number of carbonyl (C=O) groups is 2. The van der Waals surface area contributed by atoms with Gasteiger partial charge in [0.05, 0.1) is 5.56 Å². The van der Waals surface area contributed by atoms with E-state index in [9.17, 15) is 9.59 Å². The zero-order valence-electron chi connectivity index (χ0n) is 6.76. The molecule has 1 rings (SSSR count). The minimum atomic E-state index is -1.57. The third-order valence-electron chi connectivity index (χ3n) is 1.55. The Balaban J connectivity index is 3.52. The number of aromatic carboxylic acids is 2. The molecule has 0 amide bonds. The van der Waals surface area contributed by atoms with Gasteiger partial charge in [-0.3, -0.25) is 0 Å². The average molecular weight is 198 g/mol. The SMILES string of the molecule is O=C(O)c1cc(O)cc(O)c1C(=O)O. The summed E-state index contributed by atoms with van der Waals surface area (Å²) in [6, 6.07) is 1.52. The maximum absolute atomic E-state index is 10.6. The lowest BCUT2D eigenvalue weighted by atomic mass is 10.1. The summed E-state index contributed by atoms with van der Waals surface area (Å²) in [5.74, 6) is -4.40. The molecule has 1 aromatic carbocycles. The summed E-state index contributed by atoms with van der Waals surface area (Å²) in [5, 5.41) is 35.2. The first-order valence-electron chi connectivity index (χ1n) is 3.46. The topological polar surface area (TPSA) is 115 Å². The second-order valence-corrected chi connectivity index (χ2v) is 2.50. The van der Waals surface area contributed by atoms with E-state index in [1.807, 2.05) is 0 Å². The van der Waals surface area contributed by atoms with Crippen LogP contribution in [0.3, 0.4) is 0 Å². The Hall–Kier alpha value is -2.24. The van der Waals surface area contributed by atoms with Crippen LogP contribution in [0.4, 0.5) is 0 Å². The Kier molecular flexibility index (Phi) is 2.29. The summed E-state index contributed by atoms with van der Waals surface area (Å²) in [6.07, 6.45) is 0. The van der Waals surface area contributed by atoms with Crippen LogP contribution >= 0.6 is 0 Å². The quantitative estimate of drug-likeness (QED) is 0.549. The molecule has 0 aromatic heterocycles. The van der Waals surface area contributed by atoms with E-state index in [0.29, 0.717) is 0 Å². The van der Waals surface area contributed by atoms with Crippen LogP contribution in [0.1, 0.15) is 20.7 Å². The van der Waals surface area contributed by atoms with Gasteiger partial charge in [-0.15, -0.1) is 0 Å². The third-order valence-corrected chi connectivity index (χ3v) is 1.55. The van der Waals surface area contributed by atoms with Crippen molar-refractivity contribution in [2.75, 3.05) is 0 Å². The highest BCUT2D eigenvalue weighted by Gasteiger charge is 2.21. The van der Waals surface area contributed by atoms with Crippen molar-refractivity contribution in [1.82, 2.24) is 0 Å². The molecule has 0 unspecified atom stereocenters. The Morgan fingerprint density at radius 2 is 1.57 bits per heavy atom. The van der Waals surface area contributed by atoms with Crippen molar-refractivity contribution in [2.45, 2.75) is 0 Å². The molecule has 0 heterocycles. The molecule has 74 valence electrons. The fraction of sp³-hybridized carbons (Fsp3) is 0. The summed E-state index contributed by atoms with van der Waals surface area (Å²) in [5.41, 5.74) is -1.40. The predicted octanol–water partition coefficient (Wildman–Crippen LogP) is 0.494. The molecule has 0 radical (unpaired) electrons. The molecule has 0 aliphatic rings. The van der Waals surface area contributed by atoms with Crippen molar-refractivity contribution in [1.29, 1.82) is 0 Å². The van der Waals surface area contributed by atoms with Gasteiger partial charge in [0.15, 0.2) is 0 Å². The molecule has 6 nitrogen and oxygen atoms in total. The average Bonchev–Trinajstić information content (AvgIpc) is 2.01. The predicted molar refractivity (Wildman–Crippen MR) is 43.7 cm³/mol. The number of aromatic hydroxyl groups is 2. The van der Waals surface area contributed by atoms with Crippen LogP contribution in [0.15, 0.2) is 12.1 Å². The first-order chi connectivity index (χ1) is 6.43. The monoisotopic (exact) mass is 198 g/mol. The number of carboxylic acids is 2. The lowest BCUT2D eigenvalue weighted by molar-refractivity contribution is 0.0648. The standard InChI is InChI=1S/C8H6O6/c9-3-1-4(7(11)12)6(8(13)14)5(10)2-3/h1-2,9-10H,(H,11,12)(H,13,14). The van der Waals surface area contributed by atoms with Crippen molar-refractivity contribution in [3.8, 4) is 11.5 Å². The Bertz CT molecular complexity index is 409. The minimum absolute atomic E-state index is 0.509. The van der Waals surface area contributed by atoms with Crippen molar-refractivity contribution in [3.63, 3.8) is 0 Å². The number of benzene rings is 1. The molecular weight excluding hydrogens is 192 g/mol. The van der Waals surface area contributed by atoms with Gasteiger partial charge in [0, 0.05) is 6.07 Å². The zero-order valence-corrected chi connectivity index (χ0v) is 6.76. The van der Waals surface area contributed by atoms with E-state index in [0.717, 1.165) is 12.1 Å². The van der Waals surface area contributed by atoms with Gasteiger partial charge in [-0.05, 0) is 6.07 Å². The molecule has 0 fully saturated rings. The molecule has 0 spiro atoms. The summed E-state index contributed by atoms with van der Waals surface area (Å²) in [7, 11) is 0. The normalized spacial score (nSPS) is 9.71. The highest BCUT2D eigenvalue weighted by molar-refractivity contribution is 6.04. The van der Waals surface area contributed by atoms with Crippen molar-refractivity contribution in [2.24, 2.45) is 0 Å². The van der Waals surface area contributed by atoms with Crippen LogP contribution < -0.4 is 0 Å². The molecule has 0 atom stereocenters. The number of carboxylic acid groups (broad SMARTS) is 2. The lowest BCUT2D eigenvalue weighted by Crippen LogP contribution is -2.08. The second-order valence-electron chi connectivity index (χ2n) is 2.50. The van der Waals surface area contributed by atoms with Crippen molar-refractivity contribution < 1.29 is 30.0 Å². The van der Waals surface area contributed by atoms with E-state index in [1.54, 1.807) is 0 Å². The largest absolute Gasteiger partial charge is 0.508 e. The van der Waals surface area contributed by atoms with Gasteiger partial charge in [0.2, 0.25) is 0 Å². The maximum atomic E-state index is 10.6. The number of rotatable bonds is 2. The highest BCUT2D eigenvalue weighted by Crippen LogP contribution is 2.27. The van der Waals surface area contributed by atoms with Gasteiger partial charge < -0.3 is 20.4 Å².